The molecule has 14 nitrogen and oxygen atoms in total. The summed E-state index contributed by atoms with van der Waals surface area (Å²) in [5, 5.41) is 41.2. The summed E-state index contributed by atoms with van der Waals surface area (Å²) in [4.78, 5) is 43.7. The van der Waals surface area contributed by atoms with Gasteiger partial charge in [-0.05, 0) is 19.3 Å². The van der Waals surface area contributed by atoms with Crippen molar-refractivity contribution in [2.75, 3.05) is 27.4 Å². The third kappa shape index (κ3) is 6.69. The van der Waals surface area contributed by atoms with Gasteiger partial charge in [-0.15, -0.1) is 0 Å². The second kappa shape index (κ2) is 12.0. The fraction of sp³-hybridized carbons (Fsp3) is 0.333. The zero-order valence-electron chi connectivity index (χ0n) is 18.7. The first kappa shape index (κ1) is 26.6. The van der Waals surface area contributed by atoms with E-state index >= 15 is 0 Å². The van der Waals surface area contributed by atoms with Crippen molar-refractivity contribution in [3.05, 3.63) is 55.6 Å². The number of nitro benzene ring substituents is 2. The lowest BCUT2D eigenvalue weighted by atomic mass is 10.1. The summed E-state index contributed by atoms with van der Waals surface area (Å²) in [6, 6.07) is 4.49. The van der Waals surface area contributed by atoms with E-state index in [1.807, 2.05) is 0 Å². The summed E-state index contributed by atoms with van der Waals surface area (Å²) >= 11 is 0. The molecule has 0 radical (unpaired) electrons. The topological polar surface area (TPSA) is 198 Å². The molecule has 2 aromatic rings. The normalized spacial score (nSPS) is 10.3. The quantitative estimate of drug-likeness (QED) is 0.220. The van der Waals surface area contributed by atoms with E-state index < -0.39 is 44.3 Å². The number of benzene rings is 2. The van der Waals surface area contributed by atoms with E-state index in [9.17, 15) is 40.0 Å². The van der Waals surface area contributed by atoms with Gasteiger partial charge in [0, 0.05) is 24.3 Å². The van der Waals surface area contributed by atoms with E-state index in [0.717, 1.165) is 12.1 Å². The van der Waals surface area contributed by atoms with E-state index in [1.54, 1.807) is 0 Å². The van der Waals surface area contributed by atoms with Crippen molar-refractivity contribution in [3.63, 3.8) is 0 Å². The number of ether oxygens (including phenoxy) is 4. The van der Waals surface area contributed by atoms with Crippen molar-refractivity contribution >= 4 is 23.3 Å². The van der Waals surface area contributed by atoms with Crippen molar-refractivity contribution in [1.82, 2.24) is 0 Å². The number of methoxy groups -OCH3 is 2. The number of hydrogen-bond acceptors (Lipinski definition) is 10. The number of rotatable bonds is 14. The number of aromatic carboxylic acids is 2. The molecule has 0 aliphatic heterocycles. The molecule has 0 amide bonds. The first-order valence-electron chi connectivity index (χ1n) is 10.1. The van der Waals surface area contributed by atoms with E-state index in [-0.39, 0.29) is 36.2 Å². The zero-order valence-corrected chi connectivity index (χ0v) is 18.7. The van der Waals surface area contributed by atoms with Crippen LogP contribution in [0.3, 0.4) is 0 Å². The molecule has 0 aliphatic rings. The van der Waals surface area contributed by atoms with Crippen LogP contribution in [0.5, 0.6) is 23.0 Å². The van der Waals surface area contributed by atoms with Crippen molar-refractivity contribution in [1.29, 1.82) is 0 Å². The van der Waals surface area contributed by atoms with Crippen molar-refractivity contribution in [3.8, 4) is 23.0 Å². The molecular weight excluding hydrogens is 472 g/mol. The van der Waals surface area contributed by atoms with Crippen LogP contribution in [0.1, 0.15) is 40.0 Å². The average Bonchev–Trinajstić information content (AvgIpc) is 2.81. The fourth-order valence-electron chi connectivity index (χ4n) is 3.07. The summed E-state index contributed by atoms with van der Waals surface area (Å²) in [5.41, 5.74) is -2.53. The van der Waals surface area contributed by atoms with Crippen molar-refractivity contribution in [2.24, 2.45) is 0 Å². The molecule has 2 aromatic carbocycles. The van der Waals surface area contributed by atoms with E-state index in [4.69, 9.17) is 18.9 Å². The third-order valence-electron chi connectivity index (χ3n) is 4.70. The van der Waals surface area contributed by atoms with Gasteiger partial charge in [0.2, 0.25) is 11.5 Å². The molecule has 14 heteroatoms. The van der Waals surface area contributed by atoms with Crippen LogP contribution in [-0.2, 0) is 0 Å². The monoisotopic (exact) mass is 494 g/mol. The van der Waals surface area contributed by atoms with Gasteiger partial charge in [0.1, 0.15) is 22.6 Å². The summed E-state index contributed by atoms with van der Waals surface area (Å²) in [5.74, 6) is -3.35. The van der Waals surface area contributed by atoms with E-state index in [1.165, 1.54) is 26.4 Å². The zero-order chi connectivity index (χ0) is 26.1. The molecule has 0 unspecified atom stereocenters. The summed E-state index contributed by atoms with van der Waals surface area (Å²) in [6.45, 7) is 0.0189. The Morgan fingerprint density at radius 3 is 1.40 bits per heavy atom. The number of carboxylic acid groups (broad SMARTS) is 2. The smallest absolute Gasteiger partial charge is 0.343 e. The van der Waals surface area contributed by atoms with Gasteiger partial charge in [-0.3, -0.25) is 20.2 Å². The van der Waals surface area contributed by atoms with Crippen molar-refractivity contribution in [2.45, 2.75) is 19.3 Å². The third-order valence-corrected chi connectivity index (χ3v) is 4.70. The number of carbonyl (C=O) groups is 2. The highest BCUT2D eigenvalue weighted by Gasteiger charge is 2.28. The van der Waals surface area contributed by atoms with Crippen molar-refractivity contribution < 1.29 is 48.6 Å². The molecule has 0 heterocycles. The van der Waals surface area contributed by atoms with E-state index in [0.29, 0.717) is 19.3 Å². The van der Waals surface area contributed by atoms with E-state index in [2.05, 4.69) is 0 Å². The largest absolute Gasteiger partial charge is 0.497 e. The SMILES string of the molecule is COc1cc(OCCCCCOc2cc(OC)cc(C(=O)O)c2[N+](=O)[O-])c([N+](=O)[O-])c(C(=O)O)c1. The second-order valence-electron chi connectivity index (χ2n) is 6.93. The van der Waals surface area contributed by atoms with Crippen LogP contribution < -0.4 is 18.9 Å². The highest BCUT2D eigenvalue weighted by atomic mass is 16.6. The van der Waals surface area contributed by atoms with Crippen LogP contribution in [-0.4, -0.2) is 59.4 Å². The van der Waals surface area contributed by atoms with Gasteiger partial charge in [-0.1, -0.05) is 0 Å². The highest BCUT2D eigenvalue weighted by Crippen LogP contribution is 2.37. The van der Waals surface area contributed by atoms with Gasteiger partial charge in [0.15, 0.2) is 0 Å². The van der Waals surface area contributed by atoms with Gasteiger partial charge in [-0.2, -0.15) is 0 Å². The lowest BCUT2D eigenvalue weighted by Gasteiger charge is -2.11. The Morgan fingerprint density at radius 2 is 1.11 bits per heavy atom. The standard InChI is InChI=1S/C21H22N2O12/c1-32-12-8-14(20(24)25)18(22(28)29)16(10-12)34-6-4-3-5-7-35-17-11-13(33-2)9-15(21(26)27)19(17)23(30)31/h8-11H,3-7H2,1-2H3,(H,24,25)(H,26,27). The molecule has 188 valence electrons. The summed E-state index contributed by atoms with van der Waals surface area (Å²) < 4.78 is 20.8. The Hall–Kier alpha value is -4.62. The van der Waals surface area contributed by atoms with Gasteiger partial charge >= 0.3 is 23.3 Å². The predicted molar refractivity (Wildman–Crippen MR) is 118 cm³/mol. The molecule has 2 rings (SSSR count). The number of nitrogens with zero attached hydrogens (tertiary/aromatic N) is 2. The Kier molecular flexibility index (Phi) is 9.14. The fourth-order valence-corrected chi connectivity index (χ4v) is 3.07. The van der Waals surface area contributed by atoms with Crippen LogP contribution in [0.2, 0.25) is 0 Å². The van der Waals surface area contributed by atoms with Crippen LogP contribution in [0.25, 0.3) is 0 Å². The molecule has 0 saturated carbocycles. The molecule has 0 saturated heterocycles. The summed E-state index contributed by atoms with van der Waals surface area (Å²) in [6.07, 6.45) is 1.26. The first-order valence-corrected chi connectivity index (χ1v) is 10.1. The highest BCUT2D eigenvalue weighted by molar-refractivity contribution is 5.95. The molecule has 0 bridgehead atoms. The number of hydrogen-bond donors (Lipinski definition) is 2. The van der Waals surface area contributed by atoms with Crippen LogP contribution >= 0.6 is 0 Å². The molecule has 0 atom stereocenters. The minimum absolute atomic E-state index is 0.00946. The maximum atomic E-state index is 11.4. The Labute approximate surface area is 197 Å². The Balaban J connectivity index is 1.99. The number of carboxylic acids is 2. The van der Waals surface area contributed by atoms with Gasteiger partial charge in [0.25, 0.3) is 0 Å². The van der Waals surface area contributed by atoms with Crippen LogP contribution in [0.4, 0.5) is 11.4 Å². The second-order valence-corrected chi connectivity index (χ2v) is 6.93. The lowest BCUT2D eigenvalue weighted by molar-refractivity contribution is -0.386. The van der Waals surface area contributed by atoms with Gasteiger partial charge in [-0.25, -0.2) is 9.59 Å². The number of nitro groups is 2. The van der Waals surface area contributed by atoms with Crippen LogP contribution in [0.15, 0.2) is 24.3 Å². The molecule has 2 N–H and O–H groups in total. The Morgan fingerprint density at radius 1 is 0.743 bits per heavy atom. The number of unbranched alkanes of at least 4 members (excludes halogenated alkanes) is 2. The van der Waals surface area contributed by atoms with Gasteiger partial charge in [0.05, 0.1) is 37.3 Å². The predicted octanol–water partition coefficient (Wildman–Crippen LogP) is 3.54. The van der Waals surface area contributed by atoms with Crippen LogP contribution in [0, 0.1) is 20.2 Å². The maximum Gasteiger partial charge on any atom is 0.343 e. The first-order chi connectivity index (χ1) is 16.6. The molecule has 0 aliphatic carbocycles. The van der Waals surface area contributed by atoms with Gasteiger partial charge < -0.3 is 29.2 Å². The molecule has 35 heavy (non-hydrogen) atoms. The Bertz CT molecular complexity index is 1040. The minimum atomic E-state index is -1.50. The average molecular weight is 494 g/mol. The minimum Gasteiger partial charge on any atom is -0.497 e. The molecular formula is C21H22N2O12. The molecule has 0 spiro atoms. The molecule has 0 aromatic heterocycles. The lowest BCUT2D eigenvalue weighted by Crippen LogP contribution is -2.08. The molecule has 0 fully saturated rings. The summed E-state index contributed by atoms with van der Waals surface area (Å²) in [7, 11) is 2.56. The maximum absolute atomic E-state index is 11.4.